The van der Waals surface area contributed by atoms with Crippen LogP contribution in [0, 0.1) is 6.92 Å². The Kier molecular flexibility index (Phi) is 3.85. The number of carbonyl (C=O) groups is 2. The van der Waals surface area contributed by atoms with Crippen molar-refractivity contribution in [3.63, 3.8) is 0 Å². The van der Waals surface area contributed by atoms with Gasteiger partial charge in [0, 0.05) is 16.8 Å². The van der Waals surface area contributed by atoms with E-state index in [1.807, 2.05) is 0 Å². The fourth-order valence-electron chi connectivity index (χ4n) is 2.54. The van der Waals surface area contributed by atoms with Crippen molar-refractivity contribution in [3.8, 4) is 17.2 Å². The van der Waals surface area contributed by atoms with Gasteiger partial charge in [0.2, 0.25) is 0 Å². The normalized spacial score (nSPS) is 12.7. The third-order valence-electron chi connectivity index (χ3n) is 3.79. The summed E-state index contributed by atoms with van der Waals surface area (Å²) < 4.78 is 10.4. The van der Waals surface area contributed by atoms with Crippen molar-refractivity contribution in [1.82, 2.24) is 10.1 Å². The summed E-state index contributed by atoms with van der Waals surface area (Å²) in [5.74, 6) is 1.01. The molecule has 0 spiro atoms. The van der Waals surface area contributed by atoms with Crippen molar-refractivity contribution >= 4 is 23.2 Å². The van der Waals surface area contributed by atoms with Crippen LogP contribution in [-0.4, -0.2) is 28.6 Å². The molecule has 0 bridgehead atoms. The first-order chi connectivity index (χ1) is 12.6. The summed E-state index contributed by atoms with van der Waals surface area (Å²) in [5, 5.41) is 9.23. The minimum Gasteiger partial charge on any atom is -0.482 e. The summed E-state index contributed by atoms with van der Waals surface area (Å²) in [7, 11) is 0. The maximum absolute atomic E-state index is 12.4. The van der Waals surface area contributed by atoms with E-state index in [1.165, 1.54) is 0 Å². The van der Waals surface area contributed by atoms with Crippen LogP contribution in [0.3, 0.4) is 0 Å². The molecule has 26 heavy (non-hydrogen) atoms. The van der Waals surface area contributed by atoms with Crippen LogP contribution in [0.5, 0.6) is 5.75 Å². The van der Waals surface area contributed by atoms with E-state index in [1.54, 1.807) is 49.4 Å². The largest absolute Gasteiger partial charge is 0.482 e. The first-order valence-corrected chi connectivity index (χ1v) is 7.87. The van der Waals surface area contributed by atoms with Gasteiger partial charge in [-0.05, 0) is 49.4 Å². The summed E-state index contributed by atoms with van der Waals surface area (Å²) >= 11 is 0. The molecule has 2 heterocycles. The van der Waals surface area contributed by atoms with Crippen molar-refractivity contribution in [3.05, 3.63) is 53.9 Å². The smallest absolute Gasteiger partial charge is 0.262 e. The predicted octanol–water partition coefficient (Wildman–Crippen LogP) is 2.63. The van der Waals surface area contributed by atoms with Crippen LogP contribution in [0.25, 0.3) is 11.5 Å². The van der Waals surface area contributed by atoms with Crippen molar-refractivity contribution in [1.29, 1.82) is 0 Å². The van der Waals surface area contributed by atoms with Gasteiger partial charge < -0.3 is 19.9 Å². The number of aromatic nitrogens is 2. The Hall–Kier alpha value is -3.68. The molecule has 0 aliphatic carbocycles. The topological polar surface area (TPSA) is 106 Å². The SMILES string of the molecule is Cc1noc(-c2ccc(C(=O)Nc3ccc4c(c3)NC(=O)CO4)cc2)n1. The highest BCUT2D eigenvalue weighted by atomic mass is 16.5. The zero-order chi connectivity index (χ0) is 18.1. The third kappa shape index (κ3) is 3.12. The van der Waals surface area contributed by atoms with Gasteiger partial charge in [0.1, 0.15) is 5.75 Å². The Labute approximate surface area is 148 Å². The average Bonchev–Trinajstić information content (AvgIpc) is 3.08. The molecule has 0 unspecified atom stereocenters. The molecule has 2 N–H and O–H groups in total. The molecule has 8 heteroatoms. The van der Waals surface area contributed by atoms with E-state index in [-0.39, 0.29) is 18.4 Å². The first kappa shape index (κ1) is 15.8. The fraction of sp³-hybridized carbons (Fsp3) is 0.111. The minimum atomic E-state index is -0.277. The predicted molar refractivity (Wildman–Crippen MR) is 93.0 cm³/mol. The monoisotopic (exact) mass is 350 g/mol. The molecular formula is C18H14N4O4. The Morgan fingerprint density at radius 3 is 2.73 bits per heavy atom. The van der Waals surface area contributed by atoms with Crippen LogP contribution in [-0.2, 0) is 4.79 Å². The zero-order valence-electron chi connectivity index (χ0n) is 13.8. The number of nitrogens with zero attached hydrogens (tertiary/aromatic N) is 2. The van der Waals surface area contributed by atoms with Gasteiger partial charge in [0.25, 0.3) is 17.7 Å². The van der Waals surface area contributed by atoms with Crippen molar-refractivity contribution < 1.29 is 18.8 Å². The second-order valence-electron chi connectivity index (χ2n) is 5.73. The van der Waals surface area contributed by atoms with Crippen LogP contribution < -0.4 is 15.4 Å². The summed E-state index contributed by atoms with van der Waals surface area (Å²) in [6.07, 6.45) is 0. The lowest BCUT2D eigenvalue weighted by molar-refractivity contribution is -0.118. The molecule has 0 atom stereocenters. The summed E-state index contributed by atoms with van der Waals surface area (Å²) in [4.78, 5) is 28.0. The molecule has 1 aliphatic rings. The number of rotatable bonds is 3. The van der Waals surface area contributed by atoms with Crippen molar-refractivity contribution in [2.75, 3.05) is 17.2 Å². The van der Waals surface area contributed by atoms with Gasteiger partial charge in [-0.2, -0.15) is 4.98 Å². The Balaban J connectivity index is 1.50. The van der Waals surface area contributed by atoms with E-state index < -0.39 is 0 Å². The second-order valence-corrected chi connectivity index (χ2v) is 5.73. The molecule has 130 valence electrons. The van der Waals surface area contributed by atoms with Crippen LogP contribution >= 0.6 is 0 Å². The maximum Gasteiger partial charge on any atom is 0.262 e. The van der Waals surface area contributed by atoms with Crippen LogP contribution in [0.4, 0.5) is 11.4 Å². The van der Waals surface area contributed by atoms with Gasteiger partial charge in [-0.15, -0.1) is 0 Å². The van der Waals surface area contributed by atoms with E-state index in [4.69, 9.17) is 9.26 Å². The number of carbonyl (C=O) groups excluding carboxylic acids is 2. The highest BCUT2D eigenvalue weighted by Gasteiger charge is 2.17. The minimum absolute atomic E-state index is 0.00930. The summed E-state index contributed by atoms with van der Waals surface area (Å²) in [5.41, 5.74) is 2.29. The third-order valence-corrected chi connectivity index (χ3v) is 3.79. The average molecular weight is 350 g/mol. The van der Waals surface area contributed by atoms with Gasteiger partial charge >= 0.3 is 0 Å². The Morgan fingerprint density at radius 2 is 2.00 bits per heavy atom. The maximum atomic E-state index is 12.4. The lowest BCUT2D eigenvalue weighted by Gasteiger charge is -2.18. The number of anilines is 2. The van der Waals surface area contributed by atoms with Crippen molar-refractivity contribution in [2.45, 2.75) is 6.92 Å². The van der Waals surface area contributed by atoms with E-state index >= 15 is 0 Å². The highest BCUT2D eigenvalue weighted by Crippen LogP contribution is 2.30. The van der Waals surface area contributed by atoms with Gasteiger partial charge in [-0.1, -0.05) is 5.16 Å². The molecule has 0 saturated heterocycles. The molecule has 4 rings (SSSR count). The number of fused-ring (bicyclic) bond motifs is 1. The number of amides is 2. The number of benzene rings is 2. The second kappa shape index (κ2) is 6.32. The summed E-state index contributed by atoms with van der Waals surface area (Å²) in [6.45, 7) is 1.73. The molecule has 8 nitrogen and oxygen atoms in total. The molecule has 3 aromatic rings. The van der Waals surface area contributed by atoms with Gasteiger partial charge in [-0.25, -0.2) is 0 Å². The molecule has 2 aromatic carbocycles. The number of hydrogen-bond donors (Lipinski definition) is 2. The van der Waals surface area contributed by atoms with E-state index in [2.05, 4.69) is 20.8 Å². The van der Waals surface area contributed by atoms with E-state index in [9.17, 15) is 9.59 Å². The molecule has 1 aromatic heterocycles. The molecule has 2 amide bonds. The first-order valence-electron chi connectivity index (χ1n) is 7.87. The fourth-order valence-corrected chi connectivity index (χ4v) is 2.54. The number of ether oxygens (including phenoxy) is 1. The van der Waals surface area contributed by atoms with Crippen LogP contribution in [0.2, 0.25) is 0 Å². The number of nitrogens with one attached hydrogen (secondary N) is 2. The zero-order valence-corrected chi connectivity index (χ0v) is 13.8. The van der Waals surface area contributed by atoms with Crippen LogP contribution in [0.15, 0.2) is 47.0 Å². The highest BCUT2D eigenvalue weighted by molar-refractivity contribution is 6.05. The van der Waals surface area contributed by atoms with Gasteiger partial charge in [-0.3, -0.25) is 9.59 Å². The Bertz CT molecular complexity index is 995. The Morgan fingerprint density at radius 1 is 1.19 bits per heavy atom. The van der Waals surface area contributed by atoms with Gasteiger partial charge in [0.15, 0.2) is 12.4 Å². The van der Waals surface area contributed by atoms with Crippen LogP contribution in [0.1, 0.15) is 16.2 Å². The number of hydrogen-bond acceptors (Lipinski definition) is 6. The number of aryl methyl sites for hydroxylation is 1. The molecule has 1 aliphatic heterocycles. The lowest BCUT2D eigenvalue weighted by atomic mass is 10.1. The van der Waals surface area contributed by atoms with Crippen molar-refractivity contribution in [2.24, 2.45) is 0 Å². The molecule has 0 saturated carbocycles. The lowest BCUT2D eigenvalue weighted by Crippen LogP contribution is -2.25. The quantitative estimate of drug-likeness (QED) is 0.752. The molecule has 0 fully saturated rings. The molecular weight excluding hydrogens is 336 g/mol. The van der Waals surface area contributed by atoms with E-state index in [0.717, 1.165) is 5.56 Å². The van der Waals surface area contributed by atoms with E-state index in [0.29, 0.717) is 34.4 Å². The summed E-state index contributed by atoms with van der Waals surface area (Å²) in [6, 6.07) is 11.9. The standard InChI is InChI=1S/C18H14N4O4/c1-10-19-18(26-22-10)12-4-2-11(3-5-12)17(24)20-13-6-7-15-14(8-13)21-16(23)9-25-15/h2-8H,9H2,1H3,(H,20,24)(H,21,23). The molecule has 0 radical (unpaired) electrons. The van der Waals surface area contributed by atoms with Gasteiger partial charge in [0.05, 0.1) is 5.69 Å².